The van der Waals surface area contributed by atoms with Crippen molar-refractivity contribution in [2.45, 2.75) is 38.6 Å². The van der Waals surface area contributed by atoms with Crippen molar-refractivity contribution in [1.82, 2.24) is 15.1 Å². The molecule has 16 heavy (non-hydrogen) atoms. The molecule has 1 atom stereocenters. The first kappa shape index (κ1) is 11.9. The van der Waals surface area contributed by atoms with E-state index in [1.54, 1.807) is 4.68 Å². The van der Waals surface area contributed by atoms with Gasteiger partial charge in [-0.05, 0) is 45.6 Å². The van der Waals surface area contributed by atoms with Gasteiger partial charge in [-0.2, -0.15) is 5.10 Å². The Morgan fingerprint density at radius 1 is 1.56 bits per heavy atom. The van der Waals surface area contributed by atoms with Gasteiger partial charge in [-0.15, -0.1) is 0 Å². The second-order valence-electron chi connectivity index (χ2n) is 4.75. The van der Waals surface area contributed by atoms with Gasteiger partial charge in [-0.25, -0.2) is 0 Å². The molecule has 90 valence electrons. The standard InChI is InChI=1S/C12H20ClN3/c1-8-10(12(13)16(3)15-8)6-7-11(14-2)9-4-5-9/h9,11,14H,4-7H2,1-3H3. The van der Waals surface area contributed by atoms with Gasteiger partial charge in [0.15, 0.2) is 0 Å². The second kappa shape index (κ2) is 4.76. The number of hydrogen-bond acceptors (Lipinski definition) is 2. The molecule has 1 aromatic heterocycles. The van der Waals surface area contributed by atoms with Gasteiger partial charge in [0, 0.05) is 18.7 Å². The summed E-state index contributed by atoms with van der Waals surface area (Å²) in [5.74, 6) is 0.890. The van der Waals surface area contributed by atoms with E-state index in [0.29, 0.717) is 6.04 Å². The molecule has 0 aromatic carbocycles. The van der Waals surface area contributed by atoms with E-state index in [0.717, 1.165) is 29.6 Å². The largest absolute Gasteiger partial charge is 0.317 e. The van der Waals surface area contributed by atoms with Gasteiger partial charge in [0.25, 0.3) is 0 Å². The average molecular weight is 242 g/mol. The lowest BCUT2D eigenvalue weighted by molar-refractivity contribution is 0.470. The molecule has 0 saturated heterocycles. The van der Waals surface area contributed by atoms with Crippen LogP contribution in [0.15, 0.2) is 0 Å². The molecule has 1 saturated carbocycles. The zero-order valence-corrected chi connectivity index (χ0v) is 11.0. The number of nitrogens with zero attached hydrogens (tertiary/aromatic N) is 2. The topological polar surface area (TPSA) is 29.9 Å². The molecule has 0 radical (unpaired) electrons. The van der Waals surface area contributed by atoms with E-state index in [2.05, 4.69) is 17.5 Å². The minimum Gasteiger partial charge on any atom is -0.317 e. The Kier molecular flexibility index (Phi) is 3.55. The Morgan fingerprint density at radius 3 is 2.69 bits per heavy atom. The first-order chi connectivity index (χ1) is 7.63. The van der Waals surface area contributed by atoms with Gasteiger partial charge < -0.3 is 5.32 Å². The Morgan fingerprint density at radius 2 is 2.25 bits per heavy atom. The number of hydrogen-bond donors (Lipinski definition) is 1. The molecule has 0 aliphatic heterocycles. The quantitative estimate of drug-likeness (QED) is 0.858. The number of aromatic nitrogens is 2. The van der Waals surface area contributed by atoms with Crippen LogP contribution in [-0.2, 0) is 13.5 Å². The van der Waals surface area contributed by atoms with E-state index in [1.165, 1.54) is 18.4 Å². The van der Waals surface area contributed by atoms with E-state index in [-0.39, 0.29) is 0 Å². The highest BCUT2D eigenvalue weighted by Gasteiger charge is 2.30. The molecule has 2 rings (SSSR count). The summed E-state index contributed by atoms with van der Waals surface area (Å²) < 4.78 is 1.76. The van der Waals surface area contributed by atoms with E-state index in [1.807, 2.05) is 14.0 Å². The van der Waals surface area contributed by atoms with Crippen LogP contribution in [0.3, 0.4) is 0 Å². The van der Waals surface area contributed by atoms with Crippen molar-refractivity contribution >= 4 is 11.6 Å². The molecule has 0 amide bonds. The van der Waals surface area contributed by atoms with Crippen molar-refractivity contribution in [3.63, 3.8) is 0 Å². The summed E-state index contributed by atoms with van der Waals surface area (Å²) in [6.07, 6.45) is 4.95. The van der Waals surface area contributed by atoms with Crippen LogP contribution in [0.5, 0.6) is 0 Å². The van der Waals surface area contributed by atoms with Crippen LogP contribution in [0.1, 0.15) is 30.5 Å². The Bertz CT molecular complexity index is 369. The average Bonchev–Trinajstić information content (AvgIpc) is 3.03. The van der Waals surface area contributed by atoms with Crippen molar-refractivity contribution in [2.75, 3.05) is 7.05 Å². The summed E-state index contributed by atoms with van der Waals surface area (Å²) in [6.45, 7) is 2.03. The second-order valence-corrected chi connectivity index (χ2v) is 5.11. The fraction of sp³-hybridized carbons (Fsp3) is 0.750. The minimum absolute atomic E-state index is 0.649. The van der Waals surface area contributed by atoms with Crippen molar-refractivity contribution < 1.29 is 0 Å². The smallest absolute Gasteiger partial charge is 0.130 e. The van der Waals surface area contributed by atoms with Crippen LogP contribution in [0.25, 0.3) is 0 Å². The van der Waals surface area contributed by atoms with E-state index < -0.39 is 0 Å². The normalized spacial score (nSPS) is 17.8. The highest BCUT2D eigenvalue weighted by molar-refractivity contribution is 6.30. The van der Waals surface area contributed by atoms with Gasteiger partial charge in [0.05, 0.1) is 5.69 Å². The summed E-state index contributed by atoms with van der Waals surface area (Å²) in [4.78, 5) is 0. The van der Waals surface area contributed by atoms with Gasteiger partial charge in [0.2, 0.25) is 0 Å². The first-order valence-electron chi connectivity index (χ1n) is 5.98. The van der Waals surface area contributed by atoms with Crippen molar-refractivity contribution in [3.05, 3.63) is 16.4 Å². The zero-order chi connectivity index (χ0) is 11.7. The number of halogens is 1. The number of nitrogens with one attached hydrogen (secondary N) is 1. The molecule has 1 unspecified atom stereocenters. The highest BCUT2D eigenvalue weighted by atomic mass is 35.5. The van der Waals surface area contributed by atoms with E-state index in [4.69, 9.17) is 11.6 Å². The predicted octanol–water partition coefficient (Wildman–Crippen LogP) is 2.31. The maximum Gasteiger partial charge on any atom is 0.130 e. The lowest BCUT2D eigenvalue weighted by Gasteiger charge is -2.14. The lowest BCUT2D eigenvalue weighted by atomic mass is 10.0. The third kappa shape index (κ3) is 2.41. The van der Waals surface area contributed by atoms with Crippen LogP contribution >= 0.6 is 11.6 Å². The summed E-state index contributed by atoms with van der Waals surface area (Å²) in [5.41, 5.74) is 2.28. The van der Waals surface area contributed by atoms with Crippen LogP contribution in [0.2, 0.25) is 5.15 Å². The SMILES string of the molecule is CNC(CCc1c(C)nn(C)c1Cl)C1CC1. The molecular weight excluding hydrogens is 222 g/mol. The first-order valence-corrected chi connectivity index (χ1v) is 6.36. The lowest BCUT2D eigenvalue weighted by Crippen LogP contribution is -2.27. The molecule has 1 aliphatic carbocycles. The van der Waals surface area contributed by atoms with Gasteiger partial charge in [-0.3, -0.25) is 4.68 Å². The summed E-state index contributed by atoms with van der Waals surface area (Å²) in [5, 5.41) is 8.54. The predicted molar refractivity (Wildman–Crippen MR) is 66.8 cm³/mol. The van der Waals surface area contributed by atoms with Crippen molar-refractivity contribution in [3.8, 4) is 0 Å². The fourth-order valence-corrected chi connectivity index (χ4v) is 2.64. The Hall–Kier alpha value is -0.540. The molecule has 3 nitrogen and oxygen atoms in total. The fourth-order valence-electron chi connectivity index (χ4n) is 2.37. The van der Waals surface area contributed by atoms with Crippen LogP contribution in [-0.4, -0.2) is 22.9 Å². The Labute approximate surface area is 102 Å². The third-order valence-electron chi connectivity index (χ3n) is 3.54. The molecule has 1 aliphatic rings. The Balaban J connectivity index is 1.97. The third-order valence-corrected chi connectivity index (χ3v) is 4.01. The van der Waals surface area contributed by atoms with Gasteiger partial charge >= 0.3 is 0 Å². The maximum atomic E-state index is 6.22. The van der Waals surface area contributed by atoms with Crippen molar-refractivity contribution in [2.24, 2.45) is 13.0 Å². The van der Waals surface area contributed by atoms with E-state index >= 15 is 0 Å². The number of rotatable bonds is 5. The molecule has 1 aromatic rings. The van der Waals surface area contributed by atoms with Crippen LogP contribution in [0, 0.1) is 12.8 Å². The number of aryl methyl sites for hydroxylation is 2. The highest BCUT2D eigenvalue weighted by Crippen LogP contribution is 2.34. The van der Waals surface area contributed by atoms with Crippen LogP contribution in [0.4, 0.5) is 0 Å². The van der Waals surface area contributed by atoms with Gasteiger partial charge in [0.1, 0.15) is 5.15 Å². The van der Waals surface area contributed by atoms with Crippen molar-refractivity contribution in [1.29, 1.82) is 0 Å². The summed E-state index contributed by atoms with van der Waals surface area (Å²) in [7, 11) is 3.95. The minimum atomic E-state index is 0.649. The summed E-state index contributed by atoms with van der Waals surface area (Å²) in [6, 6.07) is 0.649. The molecular formula is C12H20ClN3. The molecule has 1 heterocycles. The van der Waals surface area contributed by atoms with Crippen LogP contribution < -0.4 is 5.32 Å². The summed E-state index contributed by atoms with van der Waals surface area (Å²) >= 11 is 6.22. The van der Waals surface area contributed by atoms with E-state index in [9.17, 15) is 0 Å². The molecule has 1 N–H and O–H groups in total. The molecule has 4 heteroatoms. The molecule has 0 spiro atoms. The monoisotopic (exact) mass is 241 g/mol. The molecule has 0 bridgehead atoms. The maximum absolute atomic E-state index is 6.22. The van der Waals surface area contributed by atoms with Gasteiger partial charge in [-0.1, -0.05) is 11.6 Å². The molecule has 1 fully saturated rings. The zero-order valence-electron chi connectivity index (χ0n) is 10.3.